The molecule has 22 heavy (non-hydrogen) atoms. The number of hydrogen-bond donors (Lipinski definition) is 2. The molecular formula is C15H23N3O3S. The second-order valence-corrected chi connectivity index (χ2v) is 8.13. The van der Waals surface area contributed by atoms with Crippen molar-refractivity contribution < 1.29 is 13.2 Å². The van der Waals surface area contributed by atoms with Crippen LogP contribution < -0.4 is 15.6 Å². The molecule has 3 atom stereocenters. The van der Waals surface area contributed by atoms with Gasteiger partial charge in [0.15, 0.2) is 0 Å². The van der Waals surface area contributed by atoms with Gasteiger partial charge in [-0.3, -0.25) is 10.9 Å². The van der Waals surface area contributed by atoms with Crippen LogP contribution in [0.4, 0.5) is 0 Å². The Morgan fingerprint density at radius 2 is 2.09 bits per heavy atom. The molecule has 2 N–H and O–H groups in total. The Morgan fingerprint density at radius 3 is 2.77 bits per heavy atom. The van der Waals surface area contributed by atoms with Crippen LogP contribution in [0.15, 0.2) is 24.3 Å². The molecule has 3 unspecified atom stereocenters. The Bertz CT molecular complexity index is 635. The van der Waals surface area contributed by atoms with Crippen LogP contribution in [0.2, 0.25) is 0 Å². The van der Waals surface area contributed by atoms with E-state index in [2.05, 4.69) is 10.9 Å². The molecule has 6 nitrogen and oxygen atoms in total. The van der Waals surface area contributed by atoms with Gasteiger partial charge in [0.2, 0.25) is 10.0 Å². The molecule has 0 spiro atoms. The van der Waals surface area contributed by atoms with E-state index in [1.807, 2.05) is 31.2 Å². The molecule has 0 saturated carbocycles. The first-order valence-electron chi connectivity index (χ1n) is 7.64. The van der Waals surface area contributed by atoms with Gasteiger partial charge >= 0.3 is 0 Å². The molecule has 2 heterocycles. The van der Waals surface area contributed by atoms with Gasteiger partial charge in [0, 0.05) is 31.6 Å². The van der Waals surface area contributed by atoms with Crippen LogP contribution in [0.25, 0.3) is 0 Å². The summed E-state index contributed by atoms with van der Waals surface area (Å²) < 4.78 is 32.6. The van der Waals surface area contributed by atoms with E-state index >= 15 is 0 Å². The van der Waals surface area contributed by atoms with Gasteiger partial charge in [-0.2, -0.15) is 0 Å². The number of para-hydroxylation sites is 1. The van der Waals surface area contributed by atoms with Gasteiger partial charge in [-0.25, -0.2) is 12.7 Å². The van der Waals surface area contributed by atoms with E-state index in [0.717, 1.165) is 17.7 Å². The highest BCUT2D eigenvalue weighted by Gasteiger charge is 2.42. The molecule has 1 aromatic carbocycles. The molecule has 0 aromatic heterocycles. The Hall–Kier alpha value is -1.15. The van der Waals surface area contributed by atoms with Gasteiger partial charge in [0.1, 0.15) is 11.0 Å². The summed E-state index contributed by atoms with van der Waals surface area (Å²) in [7, 11) is -1.63. The Labute approximate surface area is 131 Å². The molecule has 2 aliphatic rings. The smallest absolute Gasteiger partial charge is 0.219 e. The topological polar surface area (TPSA) is 70.7 Å². The number of rotatable bonds is 4. The van der Waals surface area contributed by atoms with Crippen molar-refractivity contribution in [3.63, 3.8) is 0 Å². The average molecular weight is 325 g/mol. The highest BCUT2D eigenvalue weighted by Crippen LogP contribution is 2.35. The molecule has 3 rings (SSSR count). The van der Waals surface area contributed by atoms with Gasteiger partial charge in [-0.15, -0.1) is 0 Å². The maximum Gasteiger partial charge on any atom is 0.219 e. The van der Waals surface area contributed by atoms with Crippen molar-refractivity contribution in [2.24, 2.45) is 0 Å². The van der Waals surface area contributed by atoms with Crippen LogP contribution in [0.1, 0.15) is 24.8 Å². The molecule has 0 radical (unpaired) electrons. The minimum Gasteiger partial charge on any atom is -0.496 e. The summed E-state index contributed by atoms with van der Waals surface area (Å²) in [5, 5.41) is -0.399. The number of benzene rings is 1. The maximum atomic E-state index is 12.8. The van der Waals surface area contributed by atoms with Crippen molar-refractivity contribution in [3.05, 3.63) is 29.8 Å². The third kappa shape index (κ3) is 2.74. The first-order chi connectivity index (χ1) is 10.5. The van der Waals surface area contributed by atoms with Gasteiger partial charge in [-0.1, -0.05) is 18.2 Å². The first-order valence-corrected chi connectivity index (χ1v) is 9.14. The number of hydrazine groups is 1. The Kier molecular flexibility index (Phi) is 4.40. The predicted molar refractivity (Wildman–Crippen MR) is 85.2 cm³/mol. The van der Waals surface area contributed by atoms with E-state index in [1.54, 1.807) is 11.4 Å². The van der Waals surface area contributed by atoms with Crippen molar-refractivity contribution in [3.8, 4) is 5.75 Å². The van der Waals surface area contributed by atoms with E-state index in [1.165, 1.54) is 0 Å². The van der Waals surface area contributed by atoms with E-state index in [4.69, 9.17) is 4.74 Å². The highest BCUT2D eigenvalue weighted by atomic mass is 32.2. The van der Waals surface area contributed by atoms with Crippen LogP contribution >= 0.6 is 0 Å². The van der Waals surface area contributed by atoms with Crippen molar-refractivity contribution in [2.45, 2.75) is 30.6 Å². The highest BCUT2D eigenvalue weighted by molar-refractivity contribution is 7.89. The van der Waals surface area contributed by atoms with E-state index < -0.39 is 15.3 Å². The molecule has 0 bridgehead atoms. The lowest BCUT2D eigenvalue weighted by Crippen LogP contribution is -2.43. The number of nitrogens with one attached hydrogen (secondary N) is 2. The van der Waals surface area contributed by atoms with Crippen molar-refractivity contribution in [1.29, 1.82) is 0 Å². The first kappa shape index (κ1) is 15.7. The zero-order valence-corrected chi connectivity index (χ0v) is 13.8. The number of methoxy groups -OCH3 is 1. The SMILES string of the molecule is COc1ccccc1C1CCN(S(=O)(=O)C2CNNC2C)C1. The zero-order valence-electron chi connectivity index (χ0n) is 13.0. The monoisotopic (exact) mass is 325 g/mol. The summed E-state index contributed by atoms with van der Waals surface area (Å²) in [6.07, 6.45) is 0.835. The largest absolute Gasteiger partial charge is 0.496 e. The second-order valence-electron chi connectivity index (χ2n) is 5.98. The van der Waals surface area contributed by atoms with Gasteiger partial charge < -0.3 is 4.74 Å². The van der Waals surface area contributed by atoms with E-state index in [0.29, 0.717) is 19.6 Å². The van der Waals surface area contributed by atoms with Gasteiger partial charge in [0.25, 0.3) is 0 Å². The summed E-state index contributed by atoms with van der Waals surface area (Å²) in [4.78, 5) is 0. The number of sulfonamides is 1. The standard InChI is InChI=1S/C15H23N3O3S/c1-11-15(9-16-17-11)22(19,20)18-8-7-12(10-18)13-5-3-4-6-14(13)21-2/h3-6,11-12,15-17H,7-10H2,1-2H3. The molecule has 2 aliphatic heterocycles. The molecule has 2 saturated heterocycles. The average Bonchev–Trinajstić information content (AvgIpc) is 3.16. The van der Waals surface area contributed by atoms with Crippen LogP contribution in [0.3, 0.4) is 0 Å². The van der Waals surface area contributed by atoms with Crippen molar-refractivity contribution in [2.75, 3.05) is 26.7 Å². The van der Waals surface area contributed by atoms with E-state index in [9.17, 15) is 8.42 Å². The summed E-state index contributed by atoms with van der Waals surface area (Å²) in [5.41, 5.74) is 7.02. The van der Waals surface area contributed by atoms with Crippen LogP contribution in [0, 0.1) is 0 Å². The lowest BCUT2D eigenvalue weighted by atomic mass is 9.97. The summed E-state index contributed by atoms with van der Waals surface area (Å²) in [6.45, 7) is 3.47. The number of nitrogens with zero attached hydrogens (tertiary/aromatic N) is 1. The summed E-state index contributed by atoms with van der Waals surface area (Å²) >= 11 is 0. The maximum absolute atomic E-state index is 12.8. The molecule has 0 aliphatic carbocycles. The molecule has 2 fully saturated rings. The normalized spacial score (nSPS) is 29.8. The lowest BCUT2D eigenvalue weighted by Gasteiger charge is -2.23. The number of hydrogen-bond acceptors (Lipinski definition) is 5. The third-order valence-corrected chi connectivity index (χ3v) is 7.05. The number of ether oxygens (including phenoxy) is 1. The van der Waals surface area contributed by atoms with Crippen LogP contribution in [0.5, 0.6) is 5.75 Å². The Morgan fingerprint density at radius 1 is 1.32 bits per heavy atom. The minimum absolute atomic E-state index is 0.0738. The van der Waals surface area contributed by atoms with Crippen molar-refractivity contribution >= 4 is 10.0 Å². The predicted octanol–water partition coefficient (Wildman–Crippen LogP) is 0.679. The fraction of sp³-hybridized carbons (Fsp3) is 0.600. The summed E-state index contributed by atoms with van der Waals surface area (Å²) in [6, 6.07) is 7.79. The minimum atomic E-state index is -3.28. The molecule has 0 amide bonds. The fourth-order valence-corrected chi connectivity index (χ4v) is 5.37. The fourth-order valence-electron chi connectivity index (χ4n) is 3.36. The van der Waals surface area contributed by atoms with E-state index in [-0.39, 0.29) is 12.0 Å². The molecule has 122 valence electrons. The van der Waals surface area contributed by atoms with Gasteiger partial charge in [0.05, 0.1) is 7.11 Å². The third-order valence-electron chi connectivity index (χ3n) is 4.66. The molecular weight excluding hydrogens is 302 g/mol. The Balaban J connectivity index is 1.77. The quantitative estimate of drug-likeness (QED) is 0.852. The summed E-state index contributed by atoms with van der Waals surface area (Å²) in [5.74, 6) is 1.04. The zero-order chi connectivity index (χ0) is 15.7. The van der Waals surface area contributed by atoms with Crippen molar-refractivity contribution in [1.82, 2.24) is 15.2 Å². The lowest BCUT2D eigenvalue weighted by molar-refractivity contribution is 0.404. The molecule has 7 heteroatoms. The van der Waals surface area contributed by atoms with Gasteiger partial charge in [-0.05, 0) is 25.0 Å². The van der Waals surface area contributed by atoms with Crippen LogP contribution in [-0.2, 0) is 10.0 Å². The second kappa shape index (κ2) is 6.16. The van der Waals surface area contributed by atoms with Crippen LogP contribution in [-0.4, -0.2) is 50.8 Å². The molecule has 1 aromatic rings.